The van der Waals surface area contributed by atoms with Gasteiger partial charge in [-0.2, -0.15) is 8.42 Å². The smallest absolute Gasteiger partial charge is 0.302 e. The predicted octanol–water partition coefficient (Wildman–Crippen LogP) is 2.29. The van der Waals surface area contributed by atoms with Gasteiger partial charge in [0.2, 0.25) is 17.2 Å². The molecule has 1 aromatic carbocycles. The van der Waals surface area contributed by atoms with E-state index in [2.05, 4.69) is 0 Å². The van der Waals surface area contributed by atoms with Crippen LogP contribution in [0.5, 0.6) is 28.7 Å². The van der Waals surface area contributed by atoms with Crippen LogP contribution in [0.2, 0.25) is 0 Å². The minimum Gasteiger partial charge on any atom is -0.491 e. The van der Waals surface area contributed by atoms with Crippen molar-refractivity contribution in [1.82, 2.24) is 0 Å². The van der Waals surface area contributed by atoms with E-state index in [-0.39, 0.29) is 28.7 Å². The summed E-state index contributed by atoms with van der Waals surface area (Å²) in [6.45, 7) is 0.701. The summed E-state index contributed by atoms with van der Waals surface area (Å²) >= 11 is 0. The van der Waals surface area contributed by atoms with Crippen molar-refractivity contribution in [2.24, 2.45) is 0 Å². The molecule has 0 atom stereocenters. The van der Waals surface area contributed by atoms with Crippen molar-refractivity contribution in [3.63, 3.8) is 0 Å². The van der Waals surface area contributed by atoms with Gasteiger partial charge in [0, 0.05) is 0 Å². The summed E-state index contributed by atoms with van der Waals surface area (Å²) in [5.41, 5.74) is 0. The average molecular weight is 362 g/mol. The number of ether oxygens (including phenoxy) is 5. The number of fused-ring (bicyclic) bond motifs is 2. The van der Waals surface area contributed by atoms with Crippen LogP contribution in [0.25, 0.3) is 0 Å². The lowest BCUT2D eigenvalue weighted by Crippen LogP contribution is -2.11. The molecule has 1 heterocycles. The van der Waals surface area contributed by atoms with Crippen molar-refractivity contribution in [3.8, 4) is 28.7 Å². The van der Waals surface area contributed by atoms with E-state index in [0.29, 0.717) is 13.2 Å². The highest BCUT2D eigenvalue weighted by molar-refractivity contribution is 7.86. The molecule has 1 aliphatic heterocycles. The molecule has 0 fully saturated rings. The zero-order chi connectivity index (χ0) is 17.7. The van der Waals surface area contributed by atoms with Crippen LogP contribution < -0.4 is 23.7 Å². The molecule has 0 saturated carbocycles. The standard InChI is InChI=1S/C15H22O8S/c1-19-10-11-13(20-2)15(24(16,17)18)14(21-3)12(10)23-9-7-5-4-6-8-22-11/h4-9H2,1-3H3,(H,16,17,18). The summed E-state index contributed by atoms with van der Waals surface area (Å²) in [4.78, 5) is -0.544. The van der Waals surface area contributed by atoms with E-state index in [1.807, 2.05) is 0 Å². The maximum atomic E-state index is 11.9. The molecule has 0 spiro atoms. The van der Waals surface area contributed by atoms with Gasteiger partial charge in [-0.15, -0.1) is 0 Å². The molecule has 0 aliphatic carbocycles. The van der Waals surface area contributed by atoms with Crippen molar-refractivity contribution in [2.45, 2.75) is 30.6 Å². The van der Waals surface area contributed by atoms with E-state index in [1.165, 1.54) is 21.3 Å². The molecule has 24 heavy (non-hydrogen) atoms. The lowest BCUT2D eigenvalue weighted by atomic mass is 10.2. The molecule has 0 saturated heterocycles. The molecule has 136 valence electrons. The molecule has 2 bridgehead atoms. The van der Waals surface area contributed by atoms with E-state index >= 15 is 0 Å². The largest absolute Gasteiger partial charge is 0.491 e. The summed E-state index contributed by atoms with van der Waals surface area (Å²) in [6.07, 6.45) is 3.47. The SMILES string of the molecule is COc1c2c(OC)c(S(=O)(=O)O)c(OC)c1OCCCCCCO2. The molecule has 0 radical (unpaired) electrons. The van der Waals surface area contributed by atoms with Crippen LogP contribution in [0.3, 0.4) is 0 Å². The zero-order valence-electron chi connectivity index (χ0n) is 14.0. The van der Waals surface area contributed by atoms with Gasteiger partial charge in [-0.1, -0.05) is 0 Å². The molecule has 0 unspecified atom stereocenters. The van der Waals surface area contributed by atoms with Crippen LogP contribution >= 0.6 is 0 Å². The highest BCUT2D eigenvalue weighted by Gasteiger charge is 2.35. The topological polar surface area (TPSA) is 101 Å². The number of methoxy groups -OCH3 is 3. The highest BCUT2D eigenvalue weighted by Crippen LogP contribution is 2.55. The van der Waals surface area contributed by atoms with Gasteiger partial charge >= 0.3 is 10.1 Å². The van der Waals surface area contributed by atoms with Crippen LogP contribution in [-0.2, 0) is 10.1 Å². The van der Waals surface area contributed by atoms with E-state index < -0.39 is 15.0 Å². The fraction of sp³-hybridized carbons (Fsp3) is 0.600. The van der Waals surface area contributed by atoms with E-state index in [1.54, 1.807) is 0 Å². The summed E-state index contributed by atoms with van der Waals surface area (Å²) in [5, 5.41) is 0. The van der Waals surface area contributed by atoms with E-state index in [9.17, 15) is 13.0 Å². The molecule has 2 rings (SSSR count). The molecule has 9 heteroatoms. The monoisotopic (exact) mass is 362 g/mol. The van der Waals surface area contributed by atoms with Crippen LogP contribution in [0.15, 0.2) is 4.90 Å². The zero-order valence-corrected chi connectivity index (χ0v) is 14.8. The van der Waals surface area contributed by atoms with Gasteiger partial charge < -0.3 is 23.7 Å². The van der Waals surface area contributed by atoms with Crippen molar-refractivity contribution < 1.29 is 36.7 Å². The Hall–Kier alpha value is -1.87. The van der Waals surface area contributed by atoms with Crippen molar-refractivity contribution in [1.29, 1.82) is 0 Å². The molecule has 1 aromatic rings. The van der Waals surface area contributed by atoms with Crippen LogP contribution in [0.1, 0.15) is 25.7 Å². The third-order valence-electron chi connectivity index (χ3n) is 3.64. The maximum absolute atomic E-state index is 11.9. The fourth-order valence-electron chi connectivity index (χ4n) is 2.58. The Kier molecular flexibility index (Phi) is 6.00. The van der Waals surface area contributed by atoms with Gasteiger partial charge in [0.25, 0.3) is 0 Å². The first-order valence-electron chi connectivity index (χ1n) is 7.54. The Bertz CT molecular complexity index is 644. The third kappa shape index (κ3) is 3.62. The van der Waals surface area contributed by atoms with Gasteiger partial charge in [-0.3, -0.25) is 4.55 Å². The Morgan fingerprint density at radius 3 is 1.54 bits per heavy atom. The first kappa shape index (κ1) is 18.5. The van der Waals surface area contributed by atoms with Crippen molar-refractivity contribution in [2.75, 3.05) is 34.5 Å². The average Bonchev–Trinajstić information content (AvgIpc) is 2.57. The third-order valence-corrected chi connectivity index (χ3v) is 4.53. The number of hydrogen-bond acceptors (Lipinski definition) is 7. The lowest BCUT2D eigenvalue weighted by Gasteiger charge is -2.22. The molecule has 0 amide bonds. The maximum Gasteiger partial charge on any atom is 0.302 e. The molecular formula is C15H22O8S. The van der Waals surface area contributed by atoms with E-state index in [0.717, 1.165) is 25.7 Å². The molecule has 8 nitrogen and oxygen atoms in total. The fourth-order valence-corrected chi connectivity index (χ4v) is 3.40. The van der Waals surface area contributed by atoms with Crippen molar-refractivity contribution in [3.05, 3.63) is 0 Å². The Labute approximate surface area is 141 Å². The highest BCUT2D eigenvalue weighted by atomic mass is 32.2. The number of rotatable bonds is 4. The molecule has 1 aliphatic rings. The molecular weight excluding hydrogens is 340 g/mol. The second kappa shape index (κ2) is 7.80. The lowest BCUT2D eigenvalue weighted by molar-refractivity contribution is 0.243. The summed E-state index contributed by atoms with van der Waals surface area (Å²) < 4.78 is 60.6. The van der Waals surface area contributed by atoms with Crippen LogP contribution in [0.4, 0.5) is 0 Å². The Balaban J connectivity index is 2.81. The summed E-state index contributed by atoms with van der Waals surface area (Å²) in [6, 6.07) is 0. The second-order valence-electron chi connectivity index (χ2n) is 5.17. The summed E-state index contributed by atoms with van der Waals surface area (Å²) in [5.74, 6) is -0.0794. The van der Waals surface area contributed by atoms with E-state index in [4.69, 9.17) is 23.7 Å². The van der Waals surface area contributed by atoms with Crippen LogP contribution in [0, 0.1) is 0 Å². The molecule has 1 N–H and O–H groups in total. The van der Waals surface area contributed by atoms with Gasteiger partial charge in [0.15, 0.2) is 16.4 Å². The normalized spacial score (nSPS) is 15.5. The minimum absolute atomic E-state index is 0.0605. The Morgan fingerprint density at radius 1 is 0.792 bits per heavy atom. The number of benzene rings is 1. The Morgan fingerprint density at radius 2 is 1.21 bits per heavy atom. The minimum atomic E-state index is -4.66. The summed E-state index contributed by atoms with van der Waals surface area (Å²) in [7, 11) is -0.710. The number of hydrogen-bond donors (Lipinski definition) is 1. The second-order valence-corrected chi connectivity index (χ2v) is 6.53. The first-order valence-corrected chi connectivity index (χ1v) is 8.98. The quantitative estimate of drug-likeness (QED) is 0.814. The van der Waals surface area contributed by atoms with Gasteiger partial charge in [-0.05, 0) is 25.7 Å². The van der Waals surface area contributed by atoms with Crippen molar-refractivity contribution >= 4 is 10.1 Å². The van der Waals surface area contributed by atoms with Crippen LogP contribution in [-0.4, -0.2) is 47.5 Å². The molecule has 0 aromatic heterocycles. The first-order chi connectivity index (χ1) is 11.5. The van der Waals surface area contributed by atoms with Gasteiger partial charge in [0.05, 0.1) is 34.5 Å². The predicted molar refractivity (Wildman–Crippen MR) is 85.4 cm³/mol. The van der Waals surface area contributed by atoms with Gasteiger partial charge in [-0.25, -0.2) is 0 Å². The van der Waals surface area contributed by atoms with Gasteiger partial charge in [0.1, 0.15) is 0 Å².